The highest BCUT2D eigenvalue weighted by molar-refractivity contribution is 7.98. The molecule has 0 heterocycles. The summed E-state index contributed by atoms with van der Waals surface area (Å²) >= 11 is 1.93. The SMILES string of the molecule is CSCCCCCNc1ccc(N)cc1C. The lowest BCUT2D eigenvalue weighted by molar-refractivity contribution is 0.749. The van der Waals surface area contributed by atoms with E-state index in [0.29, 0.717) is 0 Å². The van der Waals surface area contributed by atoms with Crippen molar-refractivity contribution in [2.75, 3.05) is 29.6 Å². The van der Waals surface area contributed by atoms with Crippen molar-refractivity contribution in [1.29, 1.82) is 0 Å². The molecule has 0 saturated heterocycles. The third-order valence-electron chi connectivity index (χ3n) is 2.59. The van der Waals surface area contributed by atoms with Crippen LogP contribution in [-0.4, -0.2) is 18.6 Å². The van der Waals surface area contributed by atoms with Crippen molar-refractivity contribution < 1.29 is 0 Å². The fourth-order valence-corrected chi connectivity index (χ4v) is 2.15. The zero-order chi connectivity index (χ0) is 11.8. The molecule has 2 nitrogen and oxygen atoms in total. The summed E-state index contributed by atoms with van der Waals surface area (Å²) in [5.74, 6) is 1.28. The molecular formula is C13H22N2S. The molecule has 0 radical (unpaired) electrons. The van der Waals surface area contributed by atoms with Gasteiger partial charge < -0.3 is 11.1 Å². The zero-order valence-electron chi connectivity index (χ0n) is 10.3. The molecule has 0 unspecified atom stereocenters. The van der Waals surface area contributed by atoms with Crippen molar-refractivity contribution in [3.05, 3.63) is 23.8 Å². The Balaban J connectivity index is 2.21. The van der Waals surface area contributed by atoms with E-state index in [1.807, 2.05) is 23.9 Å². The van der Waals surface area contributed by atoms with Crippen LogP contribution in [0.1, 0.15) is 24.8 Å². The third kappa shape index (κ3) is 4.79. The van der Waals surface area contributed by atoms with Crippen LogP contribution < -0.4 is 11.1 Å². The number of rotatable bonds is 7. The number of hydrogen-bond acceptors (Lipinski definition) is 3. The van der Waals surface area contributed by atoms with Crippen LogP contribution in [0.25, 0.3) is 0 Å². The van der Waals surface area contributed by atoms with Gasteiger partial charge in [0.05, 0.1) is 0 Å². The molecule has 0 aliphatic carbocycles. The fraction of sp³-hybridized carbons (Fsp3) is 0.538. The summed E-state index contributed by atoms with van der Waals surface area (Å²) in [4.78, 5) is 0. The largest absolute Gasteiger partial charge is 0.399 e. The van der Waals surface area contributed by atoms with E-state index in [9.17, 15) is 0 Å². The van der Waals surface area contributed by atoms with Gasteiger partial charge in [0.25, 0.3) is 0 Å². The average Bonchev–Trinajstić information content (AvgIpc) is 2.26. The van der Waals surface area contributed by atoms with Crippen molar-refractivity contribution in [2.24, 2.45) is 0 Å². The van der Waals surface area contributed by atoms with E-state index < -0.39 is 0 Å². The maximum atomic E-state index is 5.71. The molecule has 1 aromatic carbocycles. The van der Waals surface area contributed by atoms with Gasteiger partial charge in [-0.3, -0.25) is 0 Å². The van der Waals surface area contributed by atoms with Crippen LogP contribution in [0.3, 0.4) is 0 Å². The zero-order valence-corrected chi connectivity index (χ0v) is 11.1. The molecule has 3 heteroatoms. The van der Waals surface area contributed by atoms with E-state index in [4.69, 9.17) is 5.73 Å². The van der Waals surface area contributed by atoms with Gasteiger partial charge in [-0.2, -0.15) is 11.8 Å². The van der Waals surface area contributed by atoms with Crippen molar-refractivity contribution in [1.82, 2.24) is 0 Å². The van der Waals surface area contributed by atoms with Crippen LogP contribution in [0, 0.1) is 6.92 Å². The number of nitrogen functional groups attached to an aromatic ring is 1. The van der Waals surface area contributed by atoms with E-state index in [1.54, 1.807) is 0 Å². The molecule has 0 fully saturated rings. The molecule has 1 rings (SSSR count). The second-order valence-corrected chi connectivity index (χ2v) is 5.04. The summed E-state index contributed by atoms with van der Waals surface area (Å²) in [6, 6.07) is 6.02. The molecule has 90 valence electrons. The Hall–Kier alpha value is -0.830. The first-order valence-corrected chi connectivity index (χ1v) is 7.22. The minimum Gasteiger partial charge on any atom is -0.399 e. The van der Waals surface area contributed by atoms with Crippen LogP contribution in [0.4, 0.5) is 11.4 Å². The molecule has 0 spiro atoms. The molecule has 1 aromatic rings. The lowest BCUT2D eigenvalue weighted by Gasteiger charge is -2.09. The van der Waals surface area contributed by atoms with Crippen LogP contribution in [0.5, 0.6) is 0 Å². The van der Waals surface area contributed by atoms with Gasteiger partial charge in [0.15, 0.2) is 0 Å². The van der Waals surface area contributed by atoms with Crippen LogP contribution >= 0.6 is 11.8 Å². The highest BCUT2D eigenvalue weighted by atomic mass is 32.2. The van der Waals surface area contributed by atoms with E-state index in [0.717, 1.165) is 12.2 Å². The number of unbranched alkanes of at least 4 members (excludes halogenated alkanes) is 2. The average molecular weight is 238 g/mol. The van der Waals surface area contributed by atoms with E-state index in [1.165, 1.54) is 36.3 Å². The molecule has 0 bridgehead atoms. The van der Waals surface area contributed by atoms with Gasteiger partial charge in [-0.15, -0.1) is 0 Å². The Morgan fingerprint density at radius 1 is 1.25 bits per heavy atom. The number of benzene rings is 1. The maximum absolute atomic E-state index is 5.71. The first kappa shape index (κ1) is 13.2. The standard InChI is InChI=1S/C13H22N2S/c1-11-10-12(14)6-7-13(11)15-8-4-3-5-9-16-2/h6-7,10,15H,3-5,8-9,14H2,1-2H3. The summed E-state index contributed by atoms with van der Waals surface area (Å²) in [5, 5.41) is 3.45. The summed E-state index contributed by atoms with van der Waals surface area (Å²) in [6.07, 6.45) is 6.03. The lowest BCUT2D eigenvalue weighted by Crippen LogP contribution is -2.03. The molecule has 0 amide bonds. The number of nitrogens with one attached hydrogen (secondary N) is 1. The smallest absolute Gasteiger partial charge is 0.0371 e. The summed E-state index contributed by atoms with van der Waals surface area (Å²) in [7, 11) is 0. The topological polar surface area (TPSA) is 38.0 Å². The lowest BCUT2D eigenvalue weighted by atomic mass is 10.1. The second kappa shape index (κ2) is 7.44. The monoisotopic (exact) mass is 238 g/mol. The Labute approximate surface area is 103 Å². The first-order valence-electron chi connectivity index (χ1n) is 5.83. The van der Waals surface area contributed by atoms with Gasteiger partial charge in [0.1, 0.15) is 0 Å². The van der Waals surface area contributed by atoms with Crippen molar-refractivity contribution >= 4 is 23.1 Å². The number of nitrogens with two attached hydrogens (primary N) is 1. The van der Waals surface area contributed by atoms with Crippen molar-refractivity contribution in [2.45, 2.75) is 26.2 Å². The molecule has 0 aliphatic rings. The predicted molar refractivity (Wildman–Crippen MR) is 76.3 cm³/mol. The number of thioether (sulfide) groups is 1. The van der Waals surface area contributed by atoms with E-state index in [-0.39, 0.29) is 0 Å². The van der Waals surface area contributed by atoms with Gasteiger partial charge in [-0.1, -0.05) is 6.42 Å². The minimum atomic E-state index is 0.836. The van der Waals surface area contributed by atoms with Gasteiger partial charge in [-0.25, -0.2) is 0 Å². The molecule has 0 atom stereocenters. The summed E-state index contributed by atoms with van der Waals surface area (Å²) in [6.45, 7) is 3.14. The Bertz CT molecular complexity index is 313. The van der Waals surface area contributed by atoms with Gasteiger partial charge in [0.2, 0.25) is 0 Å². The summed E-state index contributed by atoms with van der Waals surface area (Å²) < 4.78 is 0. The van der Waals surface area contributed by atoms with Crippen LogP contribution in [0.2, 0.25) is 0 Å². The Morgan fingerprint density at radius 2 is 2.06 bits per heavy atom. The maximum Gasteiger partial charge on any atom is 0.0371 e. The summed E-state index contributed by atoms with van der Waals surface area (Å²) in [5.41, 5.74) is 8.98. The molecule has 16 heavy (non-hydrogen) atoms. The highest BCUT2D eigenvalue weighted by Crippen LogP contribution is 2.17. The Kier molecular flexibility index (Phi) is 6.16. The van der Waals surface area contributed by atoms with Crippen LogP contribution in [-0.2, 0) is 0 Å². The van der Waals surface area contributed by atoms with Gasteiger partial charge in [0, 0.05) is 17.9 Å². The number of anilines is 2. The molecule has 0 saturated carbocycles. The highest BCUT2D eigenvalue weighted by Gasteiger charge is 1.97. The molecular weight excluding hydrogens is 216 g/mol. The second-order valence-electron chi connectivity index (χ2n) is 4.05. The predicted octanol–water partition coefficient (Wildman–Crippen LogP) is 3.52. The number of hydrogen-bond donors (Lipinski definition) is 2. The van der Waals surface area contributed by atoms with E-state index in [2.05, 4.69) is 24.6 Å². The first-order chi connectivity index (χ1) is 7.74. The minimum absolute atomic E-state index is 0.836. The van der Waals surface area contributed by atoms with Gasteiger partial charge >= 0.3 is 0 Å². The van der Waals surface area contributed by atoms with E-state index >= 15 is 0 Å². The van der Waals surface area contributed by atoms with Crippen molar-refractivity contribution in [3.8, 4) is 0 Å². The fourth-order valence-electron chi connectivity index (χ4n) is 1.66. The third-order valence-corrected chi connectivity index (χ3v) is 3.29. The normalized spacial score (nSPS) is 10.4. The van der Waals surface area contributed by atoms with Crippen molar-refractivity contribution in [3.63, 3.8) is 0 Å². The molecule has 3 N–H and O–H groups in total. The molecule has 0 aromatic heterocycles. The van der Waals surface area contributed by atoms with Gasteiger partial charge in [-0.05, 0) is 55.5 Å². The van der Waals surface area contributed by atoms with Crippen LogP contribution in [0.15, 0.2) is 18.2 Å². The quantitative estimate of drug-likeness (QED) is 0.564. The molecule has 0 aliphatic heterocycles. The number of aryl methyl sites for hydroxylation is 1. The Morgan fingerprint density at radius 3 is 2.75 bits per heavy atom.